The largest absolute Gasteiger partial charge is 0.338 e. The molecule has 11 heteroatoms. The number of hydrogen-bond donors (Lipinski definition) is 0. The zero-order chi connectivity index (χ0) is 23.5. The van der Waals surface area contributed by atoms with Gasteiger partial charge in [0, 0.05) is 37.3 Å². The predicted molar refractivity (Wildman–Crippen MR) is 119 cm³/mol. The van der Waals surface area contributed by atoms with Crippen LogP contribution in [0.15, 0.2) is 61.2 Å². The molecular formula is C23H20F2N8O. The average molecular weight is 462 g/mol. The SMILES string of the molecule is O=C(Cn1nc(-c2ccc(F)cc2)nc1-c1ccc(F)cc1)N1CCN(c2ncncn2)CC1. The standard InChI is InChI=1S/C23H20F2N8O/c24-18-5-1-16(2-6-18)21-29-22(17-3-7-19(25)8-4-17)33(30-21)13-20(34)31-9-11-32(12-10-31)23-27-14-26-15-28-23/h1-8,14-15H,9-13H2. The first-order valence-corrected chi connectivity index (χ1v) is 10.7. The number of hydrogen-bond acceptors (Lipinski definition) is 7. The third kappa shape index (κ3) is 4.58. The van der Waals surface area contributed by atoms with Gasteiger partial charge in [-0.05, 0) is 48.5 Å². The van der Waals surface area contributed by atoms with E-state index in [4.69, 9.17) is 0 Å². The van der Waals surface area contributed by atoms with Gasteiger partial charge in [0.05, 0.1) is 0 Å². The van der Waals surface area contributed by atoms with Gasteiger partial charge in [0.25, 0.3) is 0 Å². The molecule has 1 fully saturated rings. The summed E-state index contributed by atoms with van der Waals surface area (Å²) in [5.41, 5.74) is 1.23. The fourth-order valence-corrected chi connectivity index (χ4v) is 3.77. The van der Waals surface area contributed by atoms with Crippen LogP contribution in [0.4, 0.5) is 14.7 Å². The molecule has 172 valence electrons. The molecule has 3 heterocycles. The highest BCUT2D eigenvalue weighted by atomic mass is 19.1. The topological polar surface area (TPSA) is 92.9 Å². The first-order chi connectivity index (χ1) is 16.6. The van der Waals surface area contributed by atoms with E-state index < -0.39 is 0 Å². The molecule has 1 aliphatic heterocycles. The summed E-state index contributed by atoms with van der Waals surface area (Å²) in [7, 11) is 0. The Morgan fingerprint density at radius 3 is 2.03 bits per heavy atom. The van der Waals surface area contributed by atoms with Gasteiger partial charge >= 0.3 is 0 Å². The van der Waals surface area contributed by atoms with Crippen molar-refractivity contribution in [2.45, 2.75) is 6.54 Å². The molecule has 0 saturated carbocycles. The maximum Gasteiger partial charge on any atom is 0.244 e. The molecule has 34 heavy (non-hydrogen) atoms. The molecule has 5 rings (SSSR count). The maximum absolute atomic E-state index is 13.5. The van der Waals surface area contributed by atoms with E-state index in [0.717, 1.165) is 0 Å². The van der Waals surface area contributed by atoms with Crippen LogP contribution in [0.3, 0.4) is 0 Å². The first kappa shape index (κ1) is 21.6. The molecule has 1 aliphatic rings. The number of anilines is 1. The van der Waals surface area contributed by atoms with Gasteiger partial charge in [0.15, 0.2) is 11.6 Å². The van der Waals surface area contributed by atoms with E-state index in [1.165, 1.54) is 41.6 Å². The minimum Gasteiger partial charge on any atom is -0.338 e. The van der Waals surface area contributed by atoms with Gasteiger partial charge in [0.1, 0.15) is 30.8 Å². The number of piperazine rings is 1. The van der Waals surface area contributed by atoms with Gasteiger partial charge in [-0.2, -0.15) is 0 Å². The van der Waals surface area contributed by atoms with Crippen molar-refractivity contribution in [3.8, 4) is 22.8 Å². The molecule has 0 atom stereocenters. The zero-order valence-corrected chi connectivity index (χ0v) is 18.1. The monoisotopic (exact) mass is 462 g/mol. The second-order valence-corrected chi connectivity index (χ2v) is 7.74. The third-order valence-electron chi connectivity index (χ3n) is 5.56. The highest BCUT2D eigenvalue weighted by Gasteiger charge is 2.24. The Balaban J connectivity index is 1.36. The van der Waals surface area contributed by atoms with Gasteiger partial charge in [-0.15, -0.1) is 5.10 Å². The van der Waals surface area contributed by atoms with E-state index in [0.29, 0.717) is 54.9 Å². The van der Waals surface area contributed by atoms with Crippen molar-refractivity contribution in [2.24, 2.45) is 0 Å². The molecule has 0 aliphatic carbocycles. The summed E-state index contributed by atoms with van der Waals surface area (Å²) in [5.74, 6) is 0.507. The number of benzene rings is 2. The van der Waals surface area contributed by atoms with Crippen molar-refractivity contribution in [3.63, 3.8) is 0 Å². The van der Waals surface area contributed by atoms with Crippen LogP contribution in [0, 0.1) is 11.6 Å². The van der Waals surface area contributed by atoms with Gasteiger partial charge in [-0.1, -0.05) is 0 Å². The summed E-state index contributed by atoms with van der Waals surface area (Å²) in [5, 5.41) is 4.51. The molecule has 0 spiro atoms. The molecule has 0 bridgehead atoms. The van der Waals surface area contributed by atoms with Crippen LogP contribution in [0.25, 0.3) is 22.8 Å². The van der Waals surface area contributed by atoms with Gasteiger partial charge < -0.3 is 9.80 Å². The second-order valence-electron chi connectivity index (χ2n) is 7.74. The minimum absolute atomic E-state index is 0.0351. The van der Waals surface area contributed by atoms with Gasteiger partial charge in [-0.3, -0.25) is 4.79 Å². The molecule has 2 aromatic heterocycles. The van der Waals surface area contributed by atoms with E-state index >= 15 is 0 Å². The zero-order valence-electron chi connectivity index (χ0n) is 18.1. The van der Waals surface area contributed by atoms with Crippen LogP contribution in [0.1, 0.15) is 0 Å². The number of aromatic nitrogens is 6. The Morgan fingerprint density at radius 1 is 0.824 bits per heavy atom. The summed E-state index contributed by atoms with van der Waals surface area (Å²) in [4.78, 5) is 33.6. The van der Waals surface area contributed by atoms with Crippen molar-refractivity contribution in [1.82, 2.24) is 34.6 Å². The van der Waals surface area contributed by atoms with E-state index in [9.17, 15) is 13.6 Å². The van der Waals surface area contributed by atoms with Crippen molar-refractivity contribution >= 4 is 11.9 Å². The van der Waals surface area contributed by atoms with Crippen LogP contribution >= 0.6 is 0 Å². The average Bonchev–Trinajstić information content (AvgIpc) is 3.29. The lowest BCUT2D eigenvalue weighted by atomic mass is 10.2. The van der Waals surface area contributed by atoms with Crippen LogP contribution in [-0.2, 0) is 11.3 Å². The molecular weight excluding hydrogens is 442 g/mol. The molecule has 4 aromatic rings. The van der Waals surface area contributed by atoms with Crippen molar-refractivity contribution in [1.29, 1.82) is 0 Å². The number of carbonyl (C=O) groups excluding carboxylic acids is 1. The lowest BCUT2D eigenvalue weighted by Gasteiger charge is -2.34. The number of carbonyl (C=O) groups is 1. The molecule has 0 N–H and O–H groups in total. The predicted octanol–water partition coefficient (Wildman–Crippen LogP) is 2.42. The number of amides is 1. The fourth-order valence-electron chi connectivity index (χ4n) is 3.77. The van der Waals surface area contributed by atoms with Crippen LogP contribution in [0.5, 0.6) is 0 Å². The molecule has 0 unspecified atom stereocenters. The molecule has 0 radical (unpaired) electrons. The lowest BCUT2D eigenvalue weighted by molar-refractivity contribution is -0.132. The molecule has 9 nitrogen and oxygen atoms in total. The van der Waals surface area contributed by atoms with E-state index in [1.807, 2.05) is 4.90 Å². The Labute approximate surface area is 193 Å². The Kier molecular flexibility index (Phi) is 5.90. The van der Waals surface area contributed by atoms with Crippen molar-refractivity contribution in [3.05, 3.63) is 72.8 Å². The third-order valence-corrected chi connectivity index (χ3v) is 5.56. The van der Waals surface area contributed by atoms with Gasteiger partial charge in [0.2, 0.25) is 11.9 Å². The van der Waals surface area contributed by atoms with Crippen molar-refractivity contribution in [2.75, 3.05) is 31.1 Å². The fraction of sp³-hybridized carbons (Fsp3) is 0.217. The Hall–Kier alpha value is -4.28. The number of nitrogens with zero attached hydrogens (tertiary/aromatic N) is 8. The van der Waals surface area contributed by atoms with Crippen LogP contribution in [0.2, 0.25) is 0 Å². The van der Waals surface area contributed by atoms with Crippen LogP contribution in [-0.4, -0.2) is 66.7 Å². The lowest BCUT2D eigenvalue weighted by Crippen LogP contribution is -2.50. The second kappa shape index (κ2) is 9.30. The molecule has 1 amide bonds. The molecule has 2 aromatic carbocycles. The maximum atomic E-state index is 13.5. The first-order valence-electron chi connectivity index (χ1n) is 10.7. The summed E-state index contributed by atoms with van der Waals surface area (Å²) in [6.07, 6.45) is 2.89. The van der Waals surface area contributed by atoms with Gasteiger partial charge in [-0.25, -0.2) is 33.4 Å². The molecule has 1 saturated heterocycles. The Morgan fingerprint density at radius 2 is 1.41 bits per heavy atom. The smallest absolute Gasteiger partial charge is 0.244 e. The summed E-state index contributed by atoms with van der Waals surface area (Å²) in [6, 6.07) is 11.6. The highest BCUT2D eigenvalue weighted by molar-refractivity contribution is 5.77. The highest BCUT2D eigenvalue weighted by Crippen LogP contribution is 2.23. The summed E-state index contributed by atoms with van der Waals surface area (Å²) in [6.45, 7) is 2.18. The van der Waals surface area contributed by atoms with E-state index in [-0.39, 0.29) is 24.1 Å². The Bertz CT molecular complexity index is 1270. The summed E-state index contributed by atoms with van der Waals surface area (Å²) >= 11 is 0. The summed E-state index contributed by atoms with van der Waals surface area (Å²) < 4.78 is 28.3. The van der Waals surface area contributed by atoms with Crippen LogP contribution < -0.4 is 4.90 Å². The quantitative estimate of drug-likeness (QED) is 0.450. The van der Waals surface area contributed by atoms with E-state index in [2.05, 4.69) is 25.0 Å². The van der Waals surface area contributed by atoms with E-state index in [1.54, 1.807) is 29.2 Å². The van der Waals surface area contributed by atoms with Crippen molar-refractivity contribution < 1.29 is 13.6 Å². The normalized spacial score (nSPS) is 13.8. The number of rotatable bonds is 5. The number of halogens is 2. The minimum atomic E-state index is -0.374.